The van der Waals surface area contributed by atoms with Gasteiger partial charge in [-0.15, -0.1) is 0 Å². The lowest BCUT2D eigenvalue weighted by atomic mass is 10.0. The van der Waals surface area contributed by atoms with Crippen LogP contribution in [-0.2, 0) is 7.05 Å². The van der Waals surface area contributed by atoms with Gasteiger partial charge in [-0.2, -0.15) is 0 Å². The van der Waals surface area contributed by atoms with Crippen LogP contribution in [0, 0.1) is 0 Å². The fourth-order valence-electron chi connectivity index (χ4n) is 3.16. The molecule has 1 atom stereocenters. The Morgan fingerprint density at radius 2 is 1.55 bits per heavy atom. The van der Waals surface area contributed by atoms with E-state index < -0.39 is 6.04 Å². The van der Waals surface area contributed by atoms with Crippen molar-refractivity contribution in [2.45, 2.75) is 6.04 Å². The first kappa shape index (κ1) is 22.5. The molecule has 1 unspecified atom stereocenters. The minimum atomic E-state index is -0.558. The third kappa shape index (κ3) is 4.77. The first-order chi connectivity index (χ1) is 14.9. The minimum absolute atomic E-state index is 0.320. The minimum Gasteiger partial charge on any atom is -0.497 e. The van der Waals surface area contributed by atoms with E-state index in [4.69, 9.17) is 18.9 Å². The monoisotopic (exact) mass is 489 g/mol. The maximum Gasteiger partial charge on any atom is 0.252 e. The van der Waals surface area contributed by atoms with Crippen LogP contribution in [0.25, 0.3) is 0 Å². The molecule has 0 spiro atoms. The molecule has 1 amide bonds. The second-order valence-electron chi connectivity index (χ2n) is 6.64. The molecule has 2 aromatic carbocycles. The summed E-state index contributed by atoms with van der Waals surface area (Å²) in [7, 11) is 8.08. The quantitative estimate of drug-likeness (QED) is 0.518. The van der Waals surface area contributed by atoms with Crippen molar-refractivity contribution in [2.75, 3.05) is 28.4 Å². The van der Waals surface area contributed by atoms with E-state index in [2.05, 4.69) is 26.2 Å². The maximum atomic E-state index is 13.3. The highest BCUT2D eigenvalue weighted by atomic mass is 79.9. The lowest BCUT2D eigenvalue weighted by Gasteiger charge is -2.21. The van der Waals surface area contributed by atoms with E-state index in [1.54, 1.807) is 38.6 Å². The number of ether oxygens (including phenoxy) is 4. The van der Waals surface area contributed by atoms with Crippen LogP contribution in [0.3, 0.4) is 0 Å². The summed E-state index contributed by atoms with van der Waals surface area (Å²) in [6.45, 7) is 0. The summed E-state index contributed by atoms with van der Waals surface area (Å²) in [6, 6.07) is 8.17. The van der Waals surface area contributed by atoms with E-state index in [1.807, 2.05) is 29.9 Å². The van der Waals surface area contributed by atoms with Crippen LogP contribution in [0.2, 0.25) is 0 Å². The second kappa shape index (κ2) is 9.74. The fraction of sp³-hybridized carbons (Fsp3) is 0.273. The van der Waals surface area contributed by atoms with Gasteiger partial charge in [0.25, 0.3) is 5.91 Å². The molecule has 0 aliphatic carbocycles. The highest BCUT2D eigenvalue weighted by Crippen LogP contribution is 2.36. The van der Waals surface area contributed by atoms with Crippen LogP contribution < -0.4 is 24.3 Å². The molecule has 1 heterocycles. The summed E-state index contributed by atoms with van der Waals surface area (Å²) in [6.07, 6.45) is 3.50. The average Bonchev–Trinajstić information content (AvgIpc) is 3.22. The van der Waals surface area contributed by atoms with E-state index in [0.717, 1.165) is 5.56 Å². The number of aryl methyl sites for hydroxylation is 1. The third-order valence-corrected chi connectivity index (χ3v) is 5.59. The summed E-state index contributed by atoms with van der Waals surface area (Å²) >= 11 is 3.42. The van der Waals surface area contributed by atoms with Crippen LogP contribution in [0.4, 0.5) is 0 Å². The van der Waals surface area contributed by atoms with Crippen molar-refractivity contribution in [2.24, 2.45) is 7.05 Å². The van der Waals surface area contributed by atoms with Gasteiger partial charge >= 0.3 is 0 Å². The summed E-state index contributed by atoms with van der Waals surface area (Å²) in [5.74, 6) is 2.52. The Morgan fingerprint density at radius 1 is 0.968 bits per heavy atom. The van der Waals surface area contributed by atoms with E-state index in [1.165, 1.54) is 14.2 Å². The molecular weight excluding hydrogens is 466 g/mol. The predicted molar refractivity (Wildman–Crippen MR) is 119 cm³/mol. The number of carbonyl (C=O) groups excluding carboxylic acids is 1. The summed E-state index contributed by atoms with van der Waals surface area (Å²) in [5, 5.41) is 3.06. The van der Waals surface area contributed by atoms with Gasteiger partial charge in [0.15, 0.2) is 0 Å². The molecule has 0 saturated heterocycles. The second-order valence-corrected chi connectivity index (χ2v) is 7.44. The summed E-state index contributed by atoms with van der Waals surface area (Å²) < 4.78 is 24.0. The standard InChI is InChI=1S/C22H24BrN3O5/c1-26-7-6-24-21(26)20(13-8-15(28-2)12-16(9-13)29-3)25-22(27)14-10-17(30-4)19(23)18(11-14)31-5/h6-12,20H,1-5H3,(H,25,27). The number of nitrogens with one attached hydrogen (secondary N) is 1. The Bertz CT molecular complexity index is 1040. The van der Waals surface area contributed by atoms with Gasteiger partial charge in [0.2, 0.25) is 0 Å². The Morgan fingerprint density at radius 3 is 2.00 bits per heavy atom. The van der Waals surface area contributed by atoms with E-state index in [0.29, 0.717) is 38.9 Å². The third-order valence-electron chi connectivity index (χ3n) is 4.81. The molecule has 0 aliphatic heterocycles. The van der Waals surface area contributed by atoms with Crippen molar-refractivity contribution in [1.29, 1.82) is 0 Å². The first-order valence-electron chi connectivity index (χ1n) is 9.34. The molecule has 3 aromatic rings. The predicted octanol–water partition coefficient (Wildman–Crippen LogP) is 3.74. The molecule has 0 radical (unpaired) electrons. The summed E-state index contributed by atoms with van der Waals surface area (Å²) in [5.41, 5.74) is 1.14. The number of nitrogens with zero attached hydrogens (tertiary/aromatic N) is 2. The van der Waals surface area contributed by atoms with Gasteiger partial charge in [-0.1, -0.05) is 0 Å². The van der Waals surface area contributed by atoms with Crippen LogP contribution in [0.5, 0.6) is 23.0 Å². The molecule has 8 nitrogen and oxygen atoms in total. The number of benzene rings is 2. The van der Waals surface area contributed by atoms with Crippen LogP contribution >= 0.6 is 15.9 Å². The number of carbonyl (C=O) groups is 1. The normalized spacial score (nSPS) is 11.5. The maximum absolute atomic E-state index is 13.3. The van der Waals surface area contributed by atoms with Gasteiger partial charge in [0, 0.05) is 31.1 Å². The van der Waals surface area contributed by atoms with Crippen molar-refractivity contribution in [1.82, 2.24) is 14.9 Å². The highest BCUT2D eigenvalue weighted by Gasteiger charge is 2.24. The lowest BCUT2D eigenvalue weighted by molar-refractivity contribution is 0.0940. The molecule has 3 rings (SSSR count). The molecule has 31 heavy (non-hydrogen) atoms. The van der Waals surface area contributed by atoms with E-state index in [-0.39, 0.29) is 5.91 Å². The van der Waals surface area contributed by atoms with Crippen molar-refractivity contribution in [3.8, 4) is 23.0 Å². The van der Waals surface area contributed by atoms with E-state index >= 15 is 0 Å². The molecule has 0 aliphatic rings. The van der Waals surface area contributed by atoms with E-state index in [9.17, 15) is 4.79 Å². The zero-order valence-electron chi connectivity index (χ0n) is 17.9. The number of hydrogen-bond acceptors (Lipinski definition) is 6. The number of amides is 1. The topological polar surface area (TPSA) is 83.8 Å². The first-order valence-corrected chi connectivity index (χ1v) is 10.1. The van der Waals surface area contributed by atoms with Gasteiger partial charge in [-0.3, -0.25) is 4.79 Å². The molecular formula is C22H24BrN3O5. The highest BCUT2D eigenvalue weighted by molar-refractivity contribution is 9.10. The zero-order valence-corrected chi connectivity index (χ0v) is 19.5. The number of methoxy groups -OCH3 is 4. The van der Waals surface area contributed by atoms with Gasteiger partial charge in [-0.25, -0.2) is 4.98 Å². The smallest absolute Gasteiger partial charge is 0.252 e. The Kier molecular flexibility index (Phi) is 7.06. The molecule has 0 fully saturated rings. The number of aromatic nitrogens is 2. The Labute approximate surface area is 189 Å². The largest absolute Gasteiger partial charge is 0.497 e. The summed E-state index contributed by atoms with van der Waals surface area (Å²) in [4.78, 5) is 17.7. The Balaban J connectivity index is 2.05. The Hall–Kier alpha value is -3.20. The molecule has 164 valence electrons. The van der Waals surface area contributed by atoms with Gasteiger partial charge < -0.3 is 28.8 Å². The lowest BCUT2D eigenvalue weighted by Crippen LogP contribution is -2.31. The molecule has 1 aromatic heterocycles. The number of halogens is 1. The van der Waals surface area contributed by atoms with Crippen molar-refractivity contribution in [3.63, 3.8) is 0 Å². The fourth-order valence-corrected chi connectivity index (χ4v) is 3.72. The number of imidazole rings is 1. The molecule has 0 bridgehead atoms. The average molecular weight is 490 g/mol. The van der Waals surface area contributed by atoms with Gasteiger partial charge in [0.1, 0.15) is 39.3 Å². The zero-order chi connectivity index (χ0) is 22.5. The molecule has 0 saturated carbocycles. The molecule has 9 heteroatoms. The van der Waals surface area contributed by atoms with Gasteiger partial charge in [0.05, 0.1) is 28.4 Å². The van der Waals surface area contributed by atoms with Crippen LogP contribution in [0.1, 0.15) is 27.8 Å². The SMILES string of the molecule is COc1cc(OC)cc(C(NC(=O)c2cc(OC)c(Br)c(OC)c2)c2nccn2C)c1. The number of hydrogen-bond donors (Lipinski definition) is 1. The van der Waals surface area contributed by atoms with Gasteiger partial charge in [-0.05, 0) is 45.8 Å². The van der Waals surface area contributed by atoms with Crippen molar-refractivity contribution < 1.29 is 23.7 Å². The van der Waals surface area contributed by atoms with Crippen LogP contribution in [0.15, 0.2) is 47.2 Å². The van der Waals surface area contributed by atoms with Crippen molar-refractivity contribution >= 4 is 21.8 Å². The van der Waals surface area contributed by atoms with Crippen LogP contribution in [-0.4, -0.2) is 43.9 Å². The number of rotatable bonds is 8. The molecule has 1 N–H and O–H groups in total. The van der Waals surface area contributed by atoms with Crippen molar-refractivity contribution in [3.05, 3.63) is 64.1 Å².